The number of hydrogen-bond acceptors (Lipinski definition) is 5. The topological polar surface area (TPSA) is 76.1 Å². The molecule has 0 aliphatic carbocycles. The highest BCUT2D eigenvalue weighted by molar-refractivity contribution is 9.10. The fraction of sp³-hybridized carbons (Fsp3) is 0.172. The molecule has 0 unspecified atom stereocenters. The highest BCUT2D eigenvalue weighted by Gasteiger charge is 2.42. The lowest BCUT2D eigenvalue weighted by Gasteiger charge is -2.27. The summed E-state index contributed by atoms with van der Waals surface area (Å²) in [5.74, 6) is -0.289. The van der Waals surface area contributed by atoms with Crippen molar-refractivity contribution in [2.24, 2.45) is 0 Å². The standard InChI is InChI=1S/C29H26BrNO5/c1-35-24-15-9-20(18-25(24)36-2)16-17-31-27(21-10-12-22(30)13-11-21)26(28(33)29(31)34)23(32)14-8-19-6-4-3-5-7-19/h3-15,18,27,33H,16-17H2,1-2H3/b14-8+/t27-/m1/s1. The van der Waals surface area contributed by atoms with Gasteiger partial charge in [-0.2, -0.15) is 0 Å². The van der Waals surface area contributed by atoms with Crippen LogP contribution in [-0.4, -0.2) is 42.5 Å². The Balaban J connectivity index is 1.64. The van der Waals surface area contributed by atoms with E-state index in [0.29, 0.717) is 17.9 Å². The van der Waals surface area contributed by atoms with Gasteiger partial charge in [-0.05, 0) is 53.5 Å². The number of nitrogens with zero attached hydrogens (tertiary/aromatic N) is 1. The summed E-state index contributed by atoms with van der Waals surface area (Å²) in [4.78, 5) is 28.0. The number of hydrogen-bond donors (Lipinski definition) is 1. The van der Waals surface area contributed by atoms with Gasteiger partial charge >= 0.3 is 0 Å². The molecule has 1 heterocycles. The van der Waals surface area contributed by atoms with Crippen LogP contribution in [-0.2, 0) is 16.0 Å². The first-order valence-electron chi connectivity index (χ1n) is 11.4. The van der Waals surface area contributed by atoms with Crippen LogP contribution in [0.1, 0.15) is 22.7 Å². The average molecular weight is 548 g/mol. The molecule has 184 valence electrons. The van der Waals surface area contributed by atoms with Crippen LogP contribution in [0.5, 0.6) is 11.5 Å². The predicted octanol–water partition coefficient (Wildman–Crippen LogP) is 5.69. The van der Waals surface area contributed by atoms with Crippen molar-refractivity contribution in [2.45, 2.75) is 12.5 Å². The second kappa shape index (κ2) is 11.3. The van der Waals surface area contributed by atoms with Gasteiger partial charge in [-0.3, -0.25) is 9.59 Å². The monoisotopic (exact) mass is 547 g/mol. The van der Waals surface area contributed by atoms with Crippen LogP contribution < -0.4 is 9.47 Å². The van der Waals surface area contributed by atoms with Gasteiger partial charge in [-0.15, -0.1) is 0 Å². The number of carbonyl (C=O) groups excluding carboxylic acids is 2. The second-order valence-corrected chi connectivity index (χ2v) is 9.18. The van der Waals surface area contributed by atoms with Crippen molar-refractivity contribution in [3.8, 4) is 11.5 Å². The number of methoxy groups -OCH3 is 2. The molecule has 0 saturated carbocycles. The normalized spacial score (nSPS) is 15.6. The van der Waals surface area contributed by atoms with E-state index in [0.717, 1.165) is 21.2 Å². The Morgan fingerprint density at radius 2 is 1.69 bits per heavy atom. The highest BCUT2D eigenvalue weighted by atomic mass is 79.9. The molecule has 1 N–H and O–H groups in total. The van der Waals surface area contributed by atoms with E-state index in [-0.39, 0.29) is 12.1 Å². The third kappa shape index (κ3) is 5.36. The lowest BCUT2D eigenvalue weighted by molar-refractivity contribution is -0.129. The van der Waals surface area contributed by atoms with Crippen molar-refractivity contribution in [1.82, 2.24) is 4.90 Å². The van der Waals surface area contributed by atoms with Crippen LogP contribution in [0.3, 0.4) is 0 Å². The molecule has 1 atom stereocenters. The zero-order valence-corrected chi connectivity index (χ0v) is 21.6. The number of ether oxygens (including phenoxy) is 2. The first-order valence-corrected chi connectivity index (χ1v) is 12.2. The first-order chi connectivity index (χ1) is 17.4. The number of carbonyl (C=O) groups is 2. The van der Waals surface area contributed by atoms with E-state index >= 15 is 0 Å². The van der Waals surface area contributed by atoms with Crippen molar-refractivity contribution < 1.29 is 24.2 Å². The Hall–Kier alpha value is -3.84. The molecule has 7 heteroatoms. The minimum Gasteiger partial charge on any atom is -0.503 e. The van der Waals surface area contributed by atoms with E-state index < -0.39 is 23.5 Å². The Labute approximate surface area is 218 Å². The fourth-order valence-electron chi connectivity index (χ4n) is 4.24. The molecule has 0 spiro atoms. The average Bonchev–Trinajstić information content (AvgIpc) is 3.16. The van der Waals surface area contributed by atoms with E-state index in [1.807, 2.05) is 72.8 Å². The second-order valence-electron chi connectivity index (χ2n) is 8.26. The number of rotatable bonds is 9. The van der Waals surface area contributed by atoms with Crippen molar-refractivity contribution in [1.29, 1.82) is 0 Å². The number of amides is 1. The highest BCUT2D eigenvalue weighted by Crippen LogP contribution is 2.38. The zero-order chi connectivity index (χ0) is 25.7. The summed E-state index contributed by atoms with van der Waals surface area (Å²) in [6.07, 6.45) is 3.57. The molecule has 36 heavy (non-hydrogen) atoms. The van der Waals surface area contributed by atoms with Crippen molar-refractivity contribution in [3.63, 3.8) is 0 Å². The summed E-state index contributed by atoms with van der Waals surface area (Å²) in [5, 5.41) is 10.8. The molecule has 3 aromatic rings. The molecule has 6 nitrogen and oxygen atoms in total. The van der Waals surface area contributed by atoms with Gasteiger partial charge in [0.1, 0.15) is 0 Å². The summed E-state index contributed by atoms with van der Waals surface area (Å²) in [5.41, 5.74) is 2.58. The lowest BCUT2D eigenvalue weighted by atomic mass is 9.95. The van der Waals surface area contributed by atoms with Crippen molar-refractivity contribution in [3.05, 3.63) is 111 Å². The summed E-state index contributed by atoms with van der Waals surface area (Å²) < 4.78 is 11.6. The van der Waals surface area contributed by atoms with Gasteiger partial charge < -0.3 is 19.5 Å². The van der Waals surface area contributed by atoms with Crippen LogP contribution in [0.15, 0.2) is 94.7 Å². The quantitative estimate of drug-likeness (QED) is 0.348. The molecule has 0 aromatic heterocycles. The Morgan fingerprint density at radius 3 is 2.36 bits per heavy atom. The van der Waals surface area contributed by atoms with Crippen LogP contribution in [0, 0.1) is 0 Å². The fourth-order valence-corrected chi connectivity index (χ4v) is 4.50. The maximum atomic E-state index is 13.3. The number of aliphatic hydroxyl groups excluding tert-OH is 1. The molecule has 1 aliphatic heterocycles. The lowest BCUT2D eigenvalue weighted by Crippen LogP contribution is -2.33. The number of halogens is 1. The molecule has 0 bridgehead atoms. The van der Waals surface area contributed by atoms with E-state index in [9.17, 15) is 14.7 Å². The van der Waals surface area contributed by atoms with Gasteiger partial charge in [-0.25, -0.2) is 0 Å². The molecule has 1 amide bonds. The summed E-state index contributed by atoms with van der Waals surface area (Å²) in [6.45, 7) is 0.290. The van der Waals surface area contributed by atoms with Crippen LogP contribution in [0.25, 0.3) is 6.08 Å². The van der Waals surface area contributed by atoms with Crippen LogP contribution >= 0.6 is 15.9 Å². The van der Waals surface area contributed by atoms with Crippen molar-refractivity contribution in [2.75, 3.05) is 20.8 Å². The third-order valence-electron chi connectivity index (χ3n) is 6.07. The molecule has 0 fully saturated rings. The molecule has 0 saturated heterocycles. The van der Waals surface area contributed by atoms with Gasteiger partial charge in [0, 0.05) is 11.0 Å². The summed E-state index contributed by atoms with van der Waals surface area (Å²) >= 11 is 3.43. The maximum Gasteiger partial charge on any atom is 0.290 e. The van der Waals surface area contributed by atoms with E-state index in [4.69, 9.17) is 9.47 Å². The molecule has 4 rings (SSSR count). The van der Waals surface area contributed by atoms with Gasteiger partial charge in [-0.1, -0.05) is 70.5 Å². The van der Waals surface area contributed by atoms with Crippen molar-refractivity contribution >= 4 is 33.7 Å². The molecule has 3 aromatic carbocycles. The number of benzene rings is 3. The molecule has 0 radical (unpaired) electrons. The largest absolute Gasteiger partial charge is 0.503 e. The molecule has 1 aliphatic rings. The Bertz CT molecular complexity index is 1320. The van der Waals surface area contributed by atoms with E-state index in [1.165, 1.54) is 6.08 Å². The molecular formula is C29H26BrNO5. The minimum absolute atomic E-state index is 0.0711. The van der Waals surface area contributed by atoms with Gasteiger partial charge in [0.25, 0.3) is 5.91 Å². The van der Waals surface area contributed by atoms with Gasteiger partial charge in [0.15, 0.2) is 23.0 Å². The smallest absolute Gasteiger partial charge is 0.290 e. The Kier molecular flexibility index (Phi) is 7.90. The van der Waals surface area contributed by atoms with Crippen LogP contribution in [0.4, 0.5) is 0 Å². The Morgan fingerprint density at radius 1 is 1.00 bits per heavy atom. The number of aliphatic hydroxyl groups is 1. The SMILES string of the molecule is COc1ccc(CCN2C(=O)C(O)=C(C(=O)/C=C/c3ccccc3)[C@H]2c2ccc(Br)cc2)cc1OC. The minimum atomic E-state index is -0.710. The molecular weight excluding hydrogens is 522 g/mol. The zero-order valence-electron chi connectivity index (χ0n) is 20.0. The summed E-state index contributed by atoms with van der Waals surface area (Å²) in [7, 11) is 3.14. The van der Waals surface area contributed by atoms with Gasteiger partial charge in [0.05, 0.1) is 25.8 Å². The number of allylic oxidation sites excluding steroid dienone is 1. The first kappa shape index (κ1) is 25.3. The van der Waals surface area contributed by atoms with Crippen LogP contribution in [0.2, 0.25) is 0 Å². The predicted molar refractivity (Wildman–Crippen MR) is 142 cm³/mol. The third-order valence-corrected chi connectivity index (χ3v) is 6.60. The number of ketones is 1. The van der Waals surface area contributed by atoms with Gasteiger partial charge in [0.2, 0.25) is 0 Å². The van der Waals surface area contributed by atoms with E-state index in [2.05, 4.69) is 15.9 Å². The summed E-state index contributed by atoms with van der Waals surface area (Å²) in [6, 6.07) is 21.6. The van der Waals surface area contributed by atoms with E-state index in [1.54, 1.807) is 25.2 Å². The maximum absolute atomic E-state index is 13.3.